The van der Waals surface area contributed by atoms with Crippen LogP contribution in [-0.2, 0) is 29.0 Å². The monoisotopic (exact) mass is 648 g/mol. The average Bonchev–Trinajstić information content (AvgIpc) is 3.86. The third kappa shape index (κ3) is 7.26. The van der Waals surface area contributed by atoms with E-state index < -0.39 is 23.9 Å². The predicted octanol–water partition coefficient (Wildman–Crippen LogP) is 5.23. The van der Waals surface area contributed by atoms with Gasteiger partial charge in [-0.1, -0.05) is 54.6 Å². The van der Waals surface area contributed by atoms with Crippen molar-refractivity contribution in [1.82, 2.24) is 30.9 Å². The maximum absolute atomic E-state index is 13.8. The van der Waals surface area contributed by atoms with Gasteiger partial charge in [-0.3, -0.25) is 9.59 Å². The zero-order valence-corrected chi connectivity index (χ0v) is 26.9. The highest BCUT2D eigenvalue weighted by molar-refractivity contribution is 7.09. The van der Waals surface area contributed by atoms with Gasteiger partial charge < -0.3 is 35.4 Å². The fourth-order valence-electron chi connectivity index (χ4n) is 5.71. The summed E-state index contributed by atoms with van der Waals surface area (Å²) in [7, 11) is 1.59. The number of thiazole rings is 1. The summed E-state index contributed by atoms with van der Waals surface area (Å²) >= 11 is 1.38. The molecule has 0 saturated carbocycles. The van der Waals surface area contributed by atoms with Gasteiger partial charge in [-0.25, -0.2) is 4.98 Å². The molecule has 2 amide bonds. The molecule has 3 aromatic carbocycles. The van der Waals surface area contributed by atoms with Gasteiger partial charge in [0.2, 0.25) is 5.91 Å². The van der Waals surface area contributed by atoms with Crippen LogP contribution in [0.2, 0.25) is 0 Å². The van der Waals surface area contributed by atoms with E-state index in [1.807, 2.05) is 92.1 Å². The van der Waals surface area contributed by atoms with Crippen LogP contribution < -0.4 is 20.7 Å². The van der Waals surface area contributed by atoms with Gasteiger partial charge in [-0.2, -0.15) is 0 Å². The molecule has 0 aliphatic rings. The number of ether oxygens (including phenoxy) is 1. The minimum Gasteiger partial charge on any atom is -0.496 e. The Labute approximate surface area is 276 Å². The predicted molar refractivity (Wildman–Crippen MR) is 184 cm³/mol. The molecule has 3 aromatic heterocycles. The Morgan fingerprint density at radius 3 is 2.47 bits per heavy atom. The molecule has 3 unspecified atom stereocenters. The molecule has 6 rings (SSSR count). The lowest BCUT2D eigenvalue weighted by molar-refractivity contribution is -0.125. The van der Waals surface area contributed by atoms with Gasteiger partial charge in [-0.05, 0) is 41.8 Å². The number of para-hydroxylation sites is 1. The molecule has 5 N–H and O–H groups in total. The summed E-state index contributed by atoms with van der Waals surface area (Å²) in [5.41, 5.74) is 4.87. The number of amides is 2. The first-order valence-corrected chi connectivity index (χ1v) is 16.3. The van der Waals surface area contributed by atoms with E-state index in [-0.39, 0.29) is 24.6 Å². The van der Waals surface area contributed by atoms with Crippen molar-refractivity contribution >= 4 is 51.2 Å². The molecular weight excluding hydrogens is 613 g/mol. The van der Waals surface area contributed by atoms with E-state index in [4.69, 9.17) is 4.74 Å². The number of aldehydes is 1. The van der Waals surface area contributed by atoms with Crippen molar-refractivity contribution in [3.63, 3.8) is 0 Å². The Morgan fingerprint density at radius 1 is 0.915 bits per heavy atom. The number of benzene rings is 3. The lowest BCUT2D eigenvalue weighted by Gasteiger charge is -2.21. The number of hydrogen-bond acceptors (Lipinski definition) is 7. The van der Waals surface area contributed by atoms with Crippen molar-refractivity contribution in [3.05, 3.63) is 118 Å². The van der Waals surface area contributed by atoms with E-state index in [1.165, 1.54) is 11.3 Å². The summed E-state index contributed by atoms with van der Waals surface area (Å²) in [6.45, 7) is 2.67. The Hall–Kier alpha value is -5.26. The minimum absolute atomic E-state index is 0.0800. The number of carbonyl (C=O) groups is 3. The molecule has 0 radical (unpaired) electrons. The Morgan fingerprint density at radius 2 is 1.66 bits per heavy atom. The number of fused-ring (bicyclic) bond motifs is 2. The topological polar surface area (TPSA) is 141 Å². The van der Waals surface area contributed by atoms with E-state index in [0.717, 1.165) is 43.5 Å². The van der Waals surface area contributed by atoms with E-state index in [9.17, 15) is 14.4 Å². The number of methoxy groups -OCH3 is 1. The Balaban J connectivity index is 1.19. The van der Waals surface area contributed by atoms with Gasteiger partial charge >= 0.3 is 0 Å². The summed E-state index contributed by atoms with van der Waals surface area (Å²) in [4.78, 5) is 50.7. The fourth-order valence-corrected chi connectivity index (χ4v) is 6.54. The second-order valence-corrected chi connectivity index (χ2v) is 12.3. The van der Waals surface area contributed by atoms with Crippen molar-refractivity contribution < 1.29 is 19.1 Å². The maximum Gasteiger partial charge on any atom is 0.271 e. The maximum atomic E-state index is 13.8. The molecule has 0 bridgehead atoms. The molecule has 0 fully saturated rings. The number of H-pyrrole nitrogens is 2. The first-order valence-electron chi connectivity index (χ1n) is 15.4. The fraction of sp³-hybridized carbons (Fsp3) is 0.222. The number of aromatic nitrogens is 3. The highest BCUT2D eigenvalue weighted by atomic mass is 32.1. The van der Waals surface area contributed by atoms with Crippen molar-refractivity contribution in [2.75, 3.05) is 7.11 Å². The molecule has 0 saturated heterocycles. The van der Waals surface area contributed by atoms with Gasteiger partial charge in [0.25, 0.3) is 5.91 Å². The second kappa shape index (κ2) is 14.4. The first kappa shape index (κ1) is 31.7. The molecule has 47 heavy (non-hydrogen) atoms. The first-order chi connectivity index (χ1) is 22.9. The van der Waals surface area contributed by atoms with Crippen molar-refractivity contribution in [2.24, 2.45) is 0 Å². The third-order valence-corrected chi connectivity index (χ3v) is 9.23. The van der Waals surface area contributed by atoms with Gasteiger partial charge in [0.1, 0.15) is 28.8 Å². The van der Waals surface area contributed by atoms with Gasteiger partial charge in [-0.15, -0.1) is 11.3 Å². The van der Waals surface area contributed by atoms with Crippen LogP contribution in [0, 0.1) is 0 Å². The second-order valence-electron chi connectivity index (χ2n) is 11.4. The summed E-state index contributed by atoms with van der Waals surface area (Å²) < 4.78 is 5.54. The summed E-state index contributed by atoms with van der Waals surface area (Å²) in [6, 6.07) is 21.6. The van der Waals surface area contributed by atoms with Crippen LogP contribution in [0.4, 0.5) is 0 Å². The molecule has 10 nitrogen and oxygen atoms in total. The molecule has 0 aliphatic heterocycles. The zero-order valence-electron chi connectivity index (χ0n) is 26.1. The van der Waals surface area contributed by atoms with Crippen LogP contribution in [0.15, 0.2) is 90.6 Å². The number of rotatable bonds is 14. The third-order valence-electron chi connectivity index (χ3n) is 8.20. The summed E-state index contributed by atoms with van der Waals surface area (Å²) in [5.74, 6) is -0.265. The highest BCUT2D eigenvalue weighted by Gasteiger charge is 2.27. The zero-order chi connectivity index (χ0) is 32.8. The van der Waals surface area contributed by atoms with E-state index in [0.29, 0.717) is 18.6 Å². The standard InChI is InChI=1S/C36H36N6O4S/c1-22(37-17-23-9-4-3-5-10-23)36-42-31(21-47-36)35(45)41-30(16-24-18-38-28-12-7-6-11-27(24)28)34(44)40-26(20-43)15-25-19-39-29-13-8-14-32(46-2)33(25)29/h3-14,18-22,26,30,37-39H,15-17H2,1-2H3,(H,40,44)(H,41,45). The van der Waals surface area contributed by atoms with Gasteiger partial charge in [0.05, 0.1) is 19.2 Å². The summed E-state index contributed by atoms with van der Waals surface area (Å²) in [5, 5.41) is 13.5. The smallest absolute Gasteiger partial charge is 0.271 e. The summed E-state index contributed by atoms with van der Waals surface area (Å²) in [6.07, 6.45) is 4.82. The van der Waals surface area contributed by atoms with Gasteiger partial charge in [0, 0.05) is 59.0 Å². The van der Waals surface area contributed by atoms with Crippen LogP contribution in [0.25, 0.3) is 21.8 Å². The number of hydrogen-bond donors (Lipinski definition) is 5. The van der Waals surface area contributed by atoms with Crippen LogP contribution >= 0.6 is 11.3 Å². The van der Waals surface area contributed by atoms with E-state index in [2.05, 4.69) is 30.9 Å². The average molecular weight is 649 g/mol. The van der Waals surface area contributed by atoms with Crippen LogP contribution in [-0.4, -0.2) is 52.2 Å². The number of nitrogens with zero attached hydrogens (tertiary/aromatic N) is 1. The minimum atomic E-state index is -0.972. The van der Waals surface area contributed by atoms with E-state index in [1.54, 1.807) is 12.5 Å². The SMILES string of the molecule is COc1cccc2[nH]cc(CC(C=O)NC(=O)C(Cc3c[nH]c4ccccc34)NC(=O)c3csc(C(C)NCc4ccccc4)n3)c12. The molecule has 6 aromatic rings. The largest absolute Gasteiger partial charge is 0.496 e. The Kier molecular flexibility index (Phi) is 9.75. The van der Waals surface area contributed by atoms with Crippen molar-refractivity contribution in [1.29, 1.82) is 0 Å². The van der Waals surface area contributed by atoms with Crippen LogP contribution in [0.1, 0.15) is 45.2 Å². The van der Waals surface area contributed by atoms with Crippen LogP contribution in [0.3, 0.4) is 0 Å². The molecule has 0 spiro atoms. The molecule has 240 valence electrons. The number of carbonyl (C=O) groups excluding carboxylic acids is 3. The van der Waals surface area contributed by atoms with E-state index >= 15 is 0 Å². The molecule has 3 atom stereocenters. The van der Waals surface area contributed by atoms with Crippen LogP contribution in [0.5, 0.6) is 5.75 Å². The van der Waals surface area contributed by atoms with Crippen molar-refractivity contribution in [3.8, 4) is 5.75 Å². The number of nitrogens with one attached hydrogen (secondary N) is 5. The lowest BCUT2D eigenvalue weighted by atomic mass is 10.0. The Bertz CT molecular complexity index is 2000. The van der Waals surface area contributed by atoms with Crippen molar-refractivity contribution in [2.45, 2.75) is 44.4 Å². The quantitative estimate of drug-likeness (QED) is 0.102. The lowest BCUT2D eigenvalue weighted by Crippen LogP contribution is -2.51. The highest BCUT2D eigenvalue weighted by Crippen LogP contribution is 2.29. The number of aromatic amines is 2. The van der Waals surface area contributed by atoms with Gasteiger partial charge in [0.15, 0.2) is 0 Å². The molecule has 0 aliphatic carbocycles. The molecular formula is C36H36N6O4S. The molecule has 3 heterocycles. The normalized spacial score (nSPS) is 13.2. The molecule has 11 heteroatoms.